The van der Waals surface area contributed by atoms with Gasteiger partial charge >= 0.3 is 0 Å². The number of rotatable bonds is 0. The van der Waals surface area contributed by atoms with Crippen molar-refractivity contribution in [3.8, 4) is 6.07 Å². The fraction of sp³-hybridized carbons (Fsp3) is 0. The molecule has 0 bridgehead atoms. The van der Waals surface area contributed by atoms with Crippen molar-refractivity contribution < 1.29 is 4.39 Å². The van der Waals surface area contributed by atoms with E-state index >= 15 is 0 Å². The summed E-state index contributed by atoms with van der Waals surface area (Å²) in [6.07, 6.45) is 0. The average Bonchev–Trinajstić information content (AvgIpc) is 2.46. The summed E-state index contributed by atoms with van der Waals surface area (Å²) >= 11 is 0. The third-order valence-electron chi connectivity index (χ3n) is 1.50. The summed E-state index contributed by atoms with van der Waals surface area (Å²) in [5, 5.41) is 15.2. The van der Waals surface area contributed by atoms with Gasteiger partial charge in [-0.05, 0) is 12.1 Å². The second kappa shape index (κ2) is 2.27. The Morgan fingerprint density at radius 1 is 1.50 bits per heavy atom. The van der Waals surface area contributed by atoms with Gasteiger partial charge in [-0.2, -0.15) is 19.7 Å². The Kier molecular flexibility index (Phi) is 1.27. The number of halogens is 1. The lowest BCUT2D eigenvalue weighted by Gasteiger charge is -1.85. The molecule has 0 radical (unpaired) electrons. The largest absolute Gasteiger partial charge is 0.265 e. The quantitative estimate of drug-likeness (QED) is 0.587. The molecule has 0 saturated heterocycles. The molecule has 2 aromatic heterocycles. The van der Waals surface area contributed by atoms with Crippen LogP contribution in [0.5, 0.6) is 0 Å². The Morgan fingerprint density at radius 3 is 3.08 bits per heavy atom. The SMILES string of the molecule is N#Cc1[nH]nc2nc(F)ccc12. The van der Waals surface area contributed by atoms with Crippen LogP contribution in [0.3, 0.4) is 0 Å². The molecule has 1 N–H and O–H groups in total. The Morgan fingerprint density at radius 2 is 2.33 bits per heavy atom. The van der Waals surface area contributed by atoms with Gasteiger partial charge in [0.2, 0.25) is 5.95 Å². The highest BCUT2D eigenvalue weighted by atomic mass is 19.1. The van der Waals surface area contributed by atoms with E-state index < -0.39 is 5.95 Å². The molecule has 4 nitrogen and oxygen atoms in total. The first-order valence-electron chi connectivity index (χ1n) is 3.22. The number of nitriles is 1. The molecule has 0 aromatic carbocycles. The molecule has 0 aliphatic heterocycles. The standard InChI is InChI=1S/C7H3FN4/c8-6-2-1-4-5(3-9)11-12-7(4)10-6/h1-2H,(H,10,11,12). The first-order valence-corrected chi connectivity index (χ1v) is 3.22. The zero-order valence-corrected chi connectivity index (χ0v) is 5.87. The average molecular weight is 162 g/mol. The van der Waals surface area contributed by atoms with Crippen molar-refractivity contribution in [3.05, 3.63) is 23.8 Å². The maximum absolute atomic E-state index is 12.5. The summed E-state index contributed by atoms with van der Waals surface area (Å²) in [7, 11) is 0. The van der Waals surface area contributed by atoms with E-state index in [0.29, 0.717) is 11.1 Å². The minimum Gasteiger partial charge on any atom is -0.265 e. The van der Waals surface area contributed by atoms with Crippen LogP contribution in [0.15, 0.2) is 12.1 Å². The zero-order chi connectivity index (χ0) is 8.55. The maximum atomic E-state index is 12.5. The third-order valence-corrected chi connectivity index (χ3v) is 1.50. The Hall–Kier alpha value is -1.96. The van der Waals surface area contributed by atoms with Gasteiger partial charge in [0.25, 0.3) is 0 Å². The summed E-state index contributed by atoms with van der Waals surface area (Å²) in [6, 6.07) is 4.55. The molecule has 58 valence electrons. The molecule has 0 unspecified atom stereocenters. The Bertz CT molecular complexity index is 468. The summed E-state index contributed by atoms with van der Waals surface area (Å²) in [4.78, 5) is 3.48. The van der Waals surface area contributed by atoms with Crippen LogP contribution in [0, 0.1) is 17.3 Å². The number of hydrogen-bond acceptors (Lipinski definition) is 3. The van der Waals surface area contributed by atoms with E-state index in [1.54, 1.807) is 0 Å². The molecule has 0 amide bonds. The van der Waals surface area contributed by atoms with Gasteiger partial charge in [0.15, 0.2) is 5.65 Å². The monoisotopic (exact) mass is 162 g/mol. The number of pyridine rings is 1. The lowest BCUT2D eigenvalue weighted by atomic mass is 10.3. The van der Waals surface area contributed by atoms with E-state index in [9.17, 15) is 4.39 Å². The summed E-state index contributed by atoms with van der Waals surface area (Å²) < 4.78 is 12.5. The number of nitrogens with one attached hydrogen (secondary N) is 1. The summed E-state index contributed by atoms with van der Waals surface area (Å²) in [5.41, 5.74) is 0.532. The molecule has 0 atom stereocenters. The number of aromatic nitrogens is 3. The third kappa shape index (κ3) is 0.820. The highest BCUT2D eigenvalue weighted by Crippen LogP contribution is 2.12. The van der Waals surface area contributed by atoms with Crippen LogP contribution in [0.2, 0.25) is 0 Å². The molecule has 0 aliphatic rings. The van der Waals surface area contributed by atoms with Gasteiger partial charge in [0, 0.05) is 0 Å². The van der Waals surface area contributed by atoms with Crippen LogP contribution in [0.4, 0.5) is 4.39 Å². The van der Waals surface area contributed by atoms with Crippen molar-refractivity contribution >= 4 is 11.0 Å². The lowest BCUT2D eigenvalue weighted by molar-refractivity contribution is 0.588. The minimum absolute atomic E-state index is 0.228. The van der Waals surface area contributed by atoms with E-state index in [0.717, 1.165) is 0 Å². The highest BCUT2D eigenvalue weighted by molar-refractivity contribution is 5.79. The number of aromatic amines is 1. The van der Waals surface area contributed by atoms with Gasteiger partial charge < -0.3 is 0 Å². The molecule has 0 fully saturated rings. The van der Waals surface area contributed by atoms with Crippen LogP contribution >= 0.6 is 0 Å². The maximum Gasteiger partial charge on any atom is 0.214 e. The second-order valence-corrected chi connectivity index (χ2v) is 2.22. The van der Waals surface area contributed by atoms with E-state index in [-0.39, 0.29) is 5.65 Å². The number of nitrogens with zero attached hydrogens (tertiary/aromatic N) is 3. The van der Waals surface area contributed by atoms with E-state index in [1.807, 2.05) is 6.07 Å². The number of H-pyrrole nitrogens is 1. The van der Waals surface area contributed by atoms with Crippen LogP contribution in [-0.2, 0) is 0 Å². The van der Waals surface area contributed by atoms with E-state index in [4.69, 9.17) is 5.26 Å². The molecule has 0 aliphatic carbocycles. The van der Waals surface area contributed by atoms with Crippen molar-refractivity contribution in [2.45, 2.75) is 0 Å². The molecule has 0 saturated carbocycles. The lowest BCUT2D eigenvalue weighted by Crippen LogP contribution is -1.81. The van der Waals surface area contributed by atoms with Crippen molar-refractivity contribution in [1.29, 1.82) is 5.26 Å². The smallest absolute Gasteiger partial charge is 0.214 e. The van der Waals surface area contributed by atoms with Crippen molar-refractivity contribution in [1.82, 2.24) is 15.2 Å². The van der Waals surface area contributed by atoms with Crippen LogP contribution in [0.1, 0.15) is 5.69 Å². The molecule has 2 aromatic rings. The molecule has 12 heavy (non-hydrogen) atoms. The van der Waals surface area contributed by atoms with Crippen LogP contribution in [0.25, 0.3) is 11.0 Å². The van der Waals surface area contributed by atoms with Crippen molar-refractivity contribution in [2.24, 2.45) is 0 Å². The molecular formula is C7H3FN4. The van der Waals surface area contributed by atoms with Gasteiger partial charge in [-0.3, -0.25) is 5.10 Å². The zero-order valence-electron chi connectivity index (χ0n) is 5.87. The molecular weight excluding hydrogens is 159 g/mol. The predicted octanol–water partition coefficient (Wildman–Crippen LogP) is 0.969. The van der Waals surface area contributed by atoms with Crippen molar-refractivity contribution in [2.75, 3.05) is 0 Å². The minimum atomic E-state index is -0.599. The summed E-state index contributed by atoms with van der Waals surface area (Å²) in [5.74, 6) is -0.599. The topological polar surface area (TPSA) is 65.4 Å². The second-order valence-electron chi connectivity index (χ2n) is 2.22. The molecule has 2 rings (SSSR count). The summed E-state index contributed by atoms with van der Waals surface area (Å²) in [6.45, 7) is 0. The highest BCUT2D eigenvalue weighted by Gasteiger charge is 2.05. The fourth-order valence-electron chi connectivity index (χ4n) is 0.960. The van der Waals surface area contributed by atoms with Gasteiger partial charge in [-0.25, -0.2) is 0 Å². The van der Waals surface area contributed by atoms with Crippen LogP contribution in [-0.4, -0.2) is 15.2 Å². The van der Waals surface area contributed by atoms with Gasteiger partial charge in [0.1, 0.15) is 11.8 Å². The van der Waals surface area contributed by atoms with Crippen LogP contribution < -0.4 is 0 Å². The van der Waals surface area contributed by atoms with Gasteiger partial charge in [0.05, 0.1) is 5.39 Å². The van der Waals surface area contributed by atoms with Gasteiger partial charge in [-0.15, -0.1) is 0 Å². The Labute approximate surface area is 66.7 Å². The molecule has 0 spiro atoms. The van der Waals surface area contributed by atoms with Crippen molar-refractivity contribution in [3.63, 3.8) is 0 Å². The number of fused-ring (bicyclic) bond motifs is 1. The fourth-order valence-corrected chi connectivity index (χ4v) is 0.960. The first-order chi connectivity index (χ1) is 5.81. The predicted molar refractivity (Wildman–Crippen MR) is 38.6 cm³/mol. The molecule has 2 heterocycles. The van der Waals surface area contributed by atoms with E-state index in [1.165, 1.54) is 12.1 Å². The normalized spacial score (nSPS) is 10.0. The molecule has 5 heteroatoms. The first kappa shape index (κ1) is 6.73. The Balaban J connectivity index is 2.84. The van der Waals surface area contributed by atoms with E-state index in [2.05, 4.69) is 15.2 Å². The number of hydrogen-bond donors (Lipinski definition) is 1. The van der Waals surface area contributed by atoms with Gasteiger partial charge in [-0.1, -0.05) is 0 Å².